The van der Waals surface area contributed by atoms with Crippen LogP contribution in [0.3, 0.4) is 0 Å². The smallest absolute Gasteiger partial charge is 0.407 e. The normalized spacial score (nSPS) is 13.8. The van der Waals surface area contributed by atoms with E-state index < -0.39 is 17.7 Å². The number of hydrogen-bond acceptors (Lipinski definition) is 4. The first-order chi connectivity index (χ1) is 13.0. The second-order valence-electron chi connectivity index (χ2n) is 5.90. The Morgan fingerprint density at radius 2 is 2.11 bits per heavy atom. The number of benzene rings is 1. The first kappa shape index (κ1) is 18.9. The minimum absolute atomic E-state index is 0.151. The molecule has 138 valence electrons. The van der Waals surface area contributed by atoms with Crippen LogP contribution in [0, 0.1) is 23.0 Å². The van der Waals surface area contributed by atoms with Crippen LogP contribution in [0.2, 0.25) is 0 Å². The van der Waals surface area contributed by atoms with E-state index in [0.717, 1.165) is 23.4 Å². The van der Waals surface area contributed by atoms with E-state index in [-0.39, 0.29) is 22.9 Å². The van der Waals surface area contributed by atoms with E-state index in [1.54, 1.807) is 12.1 Å². The van der Waals surface area contributed by atoms with E-state index in [0.29, 0.717) is 24.2 Å². The largest absolute Gasteiger partial charge is 0.465 e. The van der Waals surface area contributed by atoms with Crippen molar-refractivity contribution in [3.63, 3.8) is 0 Å². The average molecular weight is 387 g/mol. The number of nitriles is 1. The Morgan fingerprint density at radius 1 is 1.30 bits per heavy atom. The van der Waals surface area contributed by atoms with Gasteiger partial charge >= 0.3 is 6.09 Å². The first-order valence-electron chi connectivity index (χ1n) is 8.13. The fraction of sp³-hybridized carbons (Fsp3) is 0.211. The first-order valence-corrected chi connectivity index (χ1v) is 9.11. The molecule has 2 heterocycles. The van der Waals surface area contributed by atoms with Crippen LogP contribution in [-0.4, -0.2) is 34.2 Å². The Kier molecular flexibility index (Phi) is 5.72. The molecule has 0 radical (unpaired) electrons. The van der Waals surface area contributed by atoms with E-state index in [9.17, 15) is 13.6 Å². The predicted molar refractivity (Wildman–Crippen MR) is 97.1 cm³/mol. The number of nitrogens with zero attached hydrogens (tertiary/aromatic N) is 3. The third kappa shape index (κ3) is 4.44. The summed E-state index contributed by atoms with van der Waals surface area (Å²) in [5.41, 5.74) is 2.04. The predicted octanol–water partition coefficient (Wildman–Crippen LogP) is 4.29. The number of aromatic nitrogens is 1. The van der Waals surface area contributed by atoms with Gasteiger partial charge in [-0.3, -0.25) is 0 Å². The third-order valence-corrected chi connectivity index (χ3v) is 5.18. The van der Waals surface area contributed by atoms with Crippen molar-refractivity contribution in [3.8, 4) is 6.07 Å². The van der Waals surface area contributed by atoms with Gasteiger partial charge in [0.15, 0.2) is 5.82 Å². The summed E-state index contributed by atoms with van der Waals surface area (Å²) in [6.45, 7) is 0.627. The SMILES string of the molecule is N#Cc1ccc(CSc2nc(C3=CCN(C(=O)O)CC3)ccc2F)c(F)c1. The molecule has 0 unspecified atom stereocenters. The number of halogens is 2. The van der Waals surface area contributed by atoms with Gasteiger partial charge in [-0.15, -0.1) is 0 Å². The van der Waals surface area contributed by atoms with Crippen LogP contribution in [0.1, 0.15) is 23.2 Å². The molecule has 0 spiro atoms. The summed E-state index contributed by atoms with van der Waals surface area (Å²) < 4.78 is 28.1. The fourth-order valence-corrected chi connectivity index (χ4v) is 3.55. The monoisotopic (exact) mass is 387 g/mol. The van der Waals surface area contributed by atoms with Gasteiger partial charge in [-0.2, -0.15) is 5.26 Å². The second kappa shape index (κ2) is 8.18. The highest BCUT2D eigenvalue weighted by molar-refractivity contribution is 7.98. The minimum atomic E-state index is -0.974. The molecular formula is C19H15F2N3O2S. The summed E-state index contributed by atoms with van der Waals surface area (Å²) in [6.07, 6.45) is 1.30. The van der Waals surface area contributed by atoms with Gasteiger partial charge in [0.05, 0.1) is 17.3 Å². The number of rotatable bonds is 4. The van der Waals surface area contributed by atoms with Gasteiger partial charge < -0.3 is 10.0 Å². The van der Waals surface area contributed by atoms with Gasteiger partial charge in [0, 0.05) is 18.8 Å². The van der Waals surface area contributed by atoms with Gasteiger partial charge in [-0.05, 0) is 41.8 Å². The van der Waals surface area contributed by atoms with Crippen LogP contribution in [0.4, 0.5) is 13.6 Å². The van der Waals surface area contributed by atoms with E-state index >= 15 is 0 Å². The molecule has 3 rings (SSSR count). The van der Waals surface area contributed by atoms with Crippen molar-refractivity contribution in [2.24, 2.45) is 0 Å². The average Bonchev–Trinajstić information content (AvgIpc) is 2.68. The van der Waals surface area contributed by atoms with Crippen LogP contribution < -0.4 is 0 Å². The minimum Gasteiger partial charge on any atom is -0.465 e. The summed E-state index contributed by atoms with van der Waals surface area (Å²) in [4.78, 5) is 16.6. The molecule has 0 atom stereocenters. The molecular weight excluding hydrogens is 372 g/mol. The quantitative estimate of drug-likeness (QED) is 0.792. The number of hydrogen-bond donors (Lipinski definition) is 1. The lowest BCUT2D eigenvalue weighted by Crippen LogP contribution is -2.33. The maximum Gasteiger partial charge on any atom is 0.407 e. The molecule has 1 aliphatic rings. The molecule has 1 aromatic carbocycles. The molecule has 0 fully saturated rings. The summed E-state index contributed by atoms with van der Waals surface area (Å²) >= 11 is 1.07. The number of amides is 1. The Morgan fingerprint density at radius 3 is 2.74 bits per heavy atom. The molecule has 0 saturated heterocycles. The lowest BCUT2D eigenvalue weighted by Gasteiger charge is -2.23. The molecule has 2 aromatic rings. The zero-order valence-corrected chi connectivity index (χ0v) is 15.0. The molecule has 8 heteroatoms. The van der Waals surface area contributed by atoms with Crippen molar-refractivity contribution in [1.82, 2.24) is 9.88 Å². The standard InChI is InChI=1S/C19H15F2N3O2S/c20-15-3-4-17(13-5-7-24(8-6-13)19(25)26)23-18(15)27-11-14-2-1-12(10-22)9-16(14)21/h1-5,9H,6-8,11H2,(H,25,26). The second-order valence-corrected chi connectivity index (χ2v) is 6.86. The number of pyridine rings is 1. The molecule has 0 saturated carbocycles. The van der Waals surface area contributed by atoms with Gasteiger partial charge in [0.25, 0.3) is 0 Å². The summed E-state index contributed by atoms with van der Waals surface area (Å²) in [5.74, 6) is -0.834. The van der Waals surface area contributed by atoms with Crippen LogP contribution in [0.5, 0.6) is 0 Å². The molecule has 1 N–H and O–H groups in total. The maximum atomic E-state index is 14.1. The van der Waals surface area contributed by atoms with Crippen molar-refractivity contribution in [2.75, 3.05) is 13.1 Å². The van der Waals surface area contributed by atoms with Crippen molar-refractivity contribution in [3.05, 3.63) is 64.9 Å². The summed E-state index contributed by atoms with van der Waals surface area (Å²) in [6, 6.07) is 8.91. The Hall–Kier alpha value is -2.92. The van der Waals surface area contributed by atoms with Crippen LogP contribution in [0.15, 0.2) is 41.4 Å². The number of carbonyl (C=O) groups is 1. The van der Waals surface area contributed by atoms with Crippen molar-refractivity contribution in [1.29, 1.82) is 5.26 Å². The molecule has 0 bridgehead atoms. The highest BCUT2D eigenvalue weighted by Gasteiger charge is 2.18. The van der Waals surface area contributed by atoms with Gasteiger partial charge in [0.1, 0.15) is 10.8 Å². The van der Waals surface area contributed by atoms with Crippen molar-refractivity contribution in [2.45, 2.75) is 17.2 Å². The fourth-order valence-electron chi connectivity index (χ4n) is 2.66. The summed E-state index contributed by atoms with van der Waals surface area (Å²) in [5, 5.41) is 17.9. The van der Waals surface area contributed by atoms with E-state index in [2.05, 4.69) is 4.98 Å². The maximum absolute atomic E-state index is 14.1. The van der Waals surface area contributed by atoms with Gasteiger partial charge in [-0.1, -0.05) is 23.9 Å². The van der Waals surface area contributed by atoms with Crippen LogP contribution in [0.25, 0.3) is 5.57 Å². The molecule has 0 aliphatic carbocycles. The number of carboxylic acid groups (broad SMARTS) is 1. The summed E-state index contributed by atoms with van der Waals surface area (Å²) in [7, 11) is 0. The van der Waals surface area contributed by atoms with E-state index in [4.69, 9.17) is 10.4 Å². The Bertz CT molecular complexity index is 956. The highest BCUT2D eigenvalue weighted by atomic mass is 32.2. The molecule has 1 aromatic heterocycles. The molecule has 1 aliphatic heterocycles. The lowest BCUT2D eigenvalue weighted by atomic mass is 10.0. The molecule has 1 amide bonds. The van der Waals surface area contributed by atoms with E-state index in [1.165, 1.54) is 23.1 Å². The zero-order valence-electron chi connectivity index (χ0n) is 14.2. The van der Waals surface area contributed by atoms with Crippen molar-refractivity contribution >= 4 is 23.4 Å². The van der Waals surface area contributed by atoms with Crippen LogP contribution in [-0.2, 0) is 5.75 Å². The highest BCUT2D eigenvalue weighted by Crippen LogP contribution is 2.28. The number of thioether (sulfide) groups is 1. The van der Waals surface area contributed by atoms with Crippen molar-refractivity contribution < 1.29 is 18.7 Å². The van der Waals surface area contributed by atoms with Crippen LogP contribution >= 0.6 is 11.8 Å². The van der Waals surface area contributed by atoms with Gasteiger partial charge in [0.2, 0.25) is 0 Å². The Labute approximate surface area is 158 Å². The Balaban J connectivity index is 1.75. The van der Waals surface area contributed by atoms with Gasteiger partial charge in [-0.25, -0.2) is 18.6 Å². The topological polar surface area (TPSA) is 77.2 Å². The van der Waals surface area contributed by atoms with E-state index in [1.807, 2.05) is 6.07 Å². The zero-order chi connectivity index (χ0) is 19.4. The molecule has 27 heavy (non-hydrogen) atoms. The lowest BCUT2D eigenvalue weighted by molar-refractivity contribution is 0.150. The third-order valence-electron chi connectivity index (χ3n) is 4.17. The molecule has 5 nitrogen and oxygen atoms in total.